The van der Waals surface area contributed by atoms with Crippen LogP contribution in [0.2, 0.25) is 0 Å². The van der Waals surface area contributed by atoms with Crippen molar-refractivity contribution in [1.82, 2.24) is 0 Å². The van der Waals surface area contributed by atoms with Crippen LogP contribution >= 0.6 is 0 Å². The Morgan fingerprint density at radius 3 is 1.11 bits per heavy atom. The molecule has 0 aromatic rings. The zero-order chi connectivity index (χ0) is 57.5. The van der Waals surface area contributed by atoms with E-state index < -0.39 is 67.3 Å². The maximum atomic E-state index is 13.1. The fourth-order valence-corrected chi connectivity index (χ4v) is 10.0. The molecule has 0 radical (unpaired) electrons. The Bertz CT molecular complexity index is 1510. The maximum absolute atomic E-state index is 13.1. The van der Waals surface area contributed by atoms with Crippen molar-refractivity contribution in [1.29, 1.82) is 0 Å². The first-order valence-corrected chi connectivity index (χ1v) is 33.0. The molecule has 1 rings (SSSR count). The van der Waals surface area contributed by atoms with E-state index in [1.165, 1.54) is 167 Å². The molecule has 1 aliphatic rings. The Balaban J connectivity index is 2.60. The van der Waals surface area contributed by atoms with Crippen LogP contribution in [-0.2, 0) is 42.9 Å². The first kappa shape index (κ1) is 74.0. The van der Waals surface area contributed by atoms with Crippen molar-refractivity contribution in [2.75, 3.05) is 13.2 Å². The van der Waals surface area contributed by atoms with Gasteiger partial charge in [0, 0.05) is 19.3 Å². The third kappa shape index (κ3) is 45.2. The van der Waals surface area contributed by atoms with Gasteiger partial charge in [0.05, 0.1) is 6.61 Å². The van der Waals surface area contributed by atoms with Crippen molar-refractivity contribution in [3.63, 3.8) is 0 Å². The lowest BCUT2D eigenvalue weighted by atomic mass is 9.98. The highest BCUT2D eigenvalue weighted by Gasteiger charge is 2.50. The number of carboxylic acids is 1. The number of esters is 3. The molecule has 0 bridgehead atoms. The average molecular weight is 1120 g/mol. The quantitative estimate of drug-likeness (QED) is 0.0228. The number of rotatable bonds is 57. The van der Waals surface area contributed by atoms with Gasteiger partial charge in [0.25, 0.3) is 0 Å². The second-order valence-electron chi connectivity index (χ2n) is 22.7. The summed E-state index contributed by atoms with van der Waals surface area (Å²) >= 11 is 0. The van der Waals surface area contributed by atoms with Gasteiger partial charge in [0.1, 0.15) is 18.8 Å². The van der Waals surface area contributed by atoms with Gasteiger partial charge in [-0.1, -0.05) is 243 Å². The van der Waals surface area contributed by atoms with Gasteiger partial charge in [-0.2, -0.15) is 0 Å². The zero-order valence-corrected chi connectivity index (χ0v) is 50.9. The maximum Gasteiger partial charge on any atom is 0.335 e. The van der Waals surface area contributed by atoms with Crippen LogP contribution in [-0.4, -0.2) is 89.2 Å². The molecule has 0 aromatic carbocycles. The molecule has 460 valence electrons. The van der Waals surface area contributed by atoms with Crippen LogP contribution in [0.5, 0.6) is 0 Å². The van der Waals surface area contributed by atoms with Crippen LogP contribution in [0.15, 0.2) is 36.5 Å². The van der Waals surface area contributed by atoms with Crippen molar-refractivity contribution < 1.29 is 58.2 Å². The number of aliphatic hydroxyl groups excluding tert-OH is 2. The van der Waals surface area contributed by atoms with Gasteiger partial charge in [-0.15, -0.1) is 0 Å². The molecular formula is C67H120O12. The van der Waals surface area contributed by atoms with Gasteiger partial charge in [-0.25, -0.2) is 4.79 Å². The lowest BCUT2D eigenvalue weighted by Crippen LogP contribution is -2.61. The second kappa shape index (κ2) is 55.5. The van der Waals surface area contributed by atoms with Crippen LogP contribution < -0.4 is 0 Å². The standard InChI is InChI=1S/C67H120O12/c1-4-7-10-13-16-19-22-24-26-28-30-32-34-36-39-41-44-47-50-53-59(68)75-56-58(77-60(69)54-51-48-45-42-38-21-18-15-12-9-6-3)57-76-67-65(63(72)62(71)64(79-67)66(73)74)78-61(70)55-52-49-46-43-40-37-35-33-31-29-27-25-23-20-17-14-11-8-5-2/h15,18,24-27,58,62-65,67,71-72H,4-14,16-17,19-23,28-57H2,1-3H3,(H,73,74)/b18-15-,26-24-,27-25-. The van der Waals surface area contributed by atoms with Crippen LogP contribution in [0.4, 0.5) is 0 Å². The number of aliphatic carboxylic acids is 1. The summed E-state index contributed by atoms with van der Waals surface area (Å²) in [6.45, 7) is 5.98. The Kier molecular flexibility index (Phi) is 51.9. The highest BCUT2D eigenvalue weighted by atomic mass is 16.7. The van der Waals surface area contributed by atoms with Gasteiger partial charge < -0.3 is 39.0 Å². The predicted octanol–water partition coefficient (Wildman–Crippen LogP) is 17.6. The Hall–Kier alpha value is -3.06. The highest BCUT2D eigenvalue weighted by Crippen LogP contribution is 2.27. The Labute approximate surface area is 482 Å². The molecule has 1 heterocycles. The molecule has 12 heteroatoms. The molecule has 6 unspecified atom stereocenters. The summed E-state index contributed by atoms with van der Waals surface area (Å²) in [6, 6.07) is 0. The summed E-state index contributed by atoms with van der Waals surface area (Å²) < 4.78 is 28.5. The van der Waals surface area contributed by atoms with Crippen LogP contribution in [0.3, 0.4) is 0 Å². The van der Waals surface area contributed by atoms with E-state index in [0.29, 0.717) is 19.3 Å². The van der Waals surface area contributed by atoms with E-state index in [-0.39, 0.29) is 25.9 Å². The molecule has 1 aliphatic heterocycles. The van der Waals surface area contributed by atoms with Crippen molar-refractivity contribution in [2.24, 2.45) is 0 Å². The molecule has 0 spiro atoms. The molecule has 79 heavy (non-hydrogen) atoms. The van der Waals surface area contributed by atoms with Crippen LogP contribution in [0, 0.1) is 0 Å². The molecule has 1 fully saturated rings. The molecule has 12 nitrogen and oxygen atoms in total. The van der Waals surface area contributed by atoms with E-state index in [1.807, 2.05) is 0 Å². The summed E-state index contributed by atoms with van der Waals surface area (Å²) in [5.41, 5.74) is 0. The minimum atomic E-state index is -1.90. The van der Waals surface area contributed by atoms with Crippen molar-refractivity contribution in [3.05, 3.63) is 36.5 Å². The monoisotopic (exact) mass is 1120 g/mol. The van der Waals surface area contributed by atoms with Crippen molar-refractivity contribution >= 4 is 23.9 Å². The SMILES string of the molecule is CCCC/C=C\CCCCCCCC(=O)OC(COC(=O)CCCCCCCCCCC/C=C\CCCCCCCC)COC1OC(C(=O)O)C(O)C(O)C1OC(=O)CCCCCCCCCCC/C=C\CCCCCCCC. The molecular weight excluding hydrogens is 997 g/mol. The van der Waals surface area contributed by atoms with Crippen molar-refractivity contribution in [2.45, 2.75) is 353 Å². The number of allylic oxidation sites excluding steroid dienone is 6. The number of unbranched alkanes of at least 4 members (excludes halogenated alkanes) is 37. The smallest absolute Gasteiger partial charge is 0.335 e. The van der Waals surface area contributed by atoms with E-state index in [0.717, 1.165) is 89.9 Å². The van der Waals surface area contributed by atoms with Crippen LogP contribution in [0.1, 0.15) is 316 Å². The average Bonchev–Trinajstić information content (AvgIpc) is 3.47. The number of hydrogen-bond acceptors (Lipinski definition) is 11. The first-order valence-electron chi connectivity index (χ1n) is 33.0. The molecule has 0 saturated carbocycles. The minimum Gasteiger partial charge on any atom is -0.479 e. The first-order chi connectivity index (χ1) is 38.6. The largest absolute Gasteiger partial charge is 0.479 e. The summed E-state index contributed by atoms with van der Waals surface area (Å²) in [5, 5.41) is 31.6. The van der Waals surface area contributed by atoms with E-state index in [4.69, 9.17) is 23.7 Å². The van der Waals surface area contributed by atoms with E-state index in [2.05, 4.69) is 57.2 Å². The van der Waals surface area contributed by atoms with E-state index >= 15 is 0 Å². The third-order valence-electron chi connectivity index (χ3n) is 15.2. The number of ether oxygens (including phenoxy) is 5. The second-order valence-corrected chi connectivity index (χ2v) is 22.7. The molecule has 1 saturated heterocycles. The van der Waals surface area contributed by atoms with Gasteiger partial charge in [0.15, 0.2) is 24.6 Å². The highest BCUT2D eigenvalue weighted by molar-refractivity contribution is 5.74. The third-order valence-corrected chi connectivity index (χ3v) is 15.2. The Morgan fingerprint density at radius 1 is 0.405 bits per heavy atom. The molecule has 6 atom stereocenters. The predicted molar refractivity (Wildman–Crippen MR) is 322 cm³/mol. The molecule has 0 aromatic heterocycles. The Morgan fingerprint density at radius 2 is 0.734 bits per heavy atom. The molecule has 0 amide bonds. The summed E-state index contributed by atoms with van der Waals surface area (Å²) in [6.07, 6.45) is 54.0. The number of aliphatic hydroxyl groups is 2. The van der Waals surface area contributed by atoms with Crippen molar-refractivity contribution in [3.8, 4) is 0 Å². The van der Waals surface area contributed by atoms with E-state index in [9.17, 15) is 34.5 Å². The van der Waals surface area contributed by atoms with Gasteiger partial charge >= 0.3 is 23.9 Å². The number of carboxylic acid groups (broad SMARTS) is 1. The van der Waals surface area contributed by atoms with Gasteiger partial charge in [-0.05, 0) is 89.9 Å². The normalized spacial score (nSPS) is 18.0. The molecule has 3 N–H and O–H groups in total. The lowest BCUT2D eigenvalue weighted by Gasteiger charge is -2.40. The summed E-state index contributed by atoms with van der Waals surface area (Å²) in [5.74, 6) is -3.11. The summed E-state index contributed by atoms with van der Waals surface area (Å²) in [7, 11) is 0. The van der Waals surface area contributed by atoms with Gasteiger partial charge in [-0.3, -0.25) is 14.4 Å². The summed E-state index contributed by atoms with van der Waals surface area (Å²) in [4.78, 5) is 51.2. The molecule has 0 aliphatic carbocycles. The van der Waals surface area contributed by atoms with E-state index in [1.54, 1.807) is 0 Å². The fraction of sp³-hybridized carbons (Fsp3) is 0.851. The zero-order valence-electron chi connectivity index (χ0n) is 50.9. The number of hydrogen-bond donors (Lipinski definition) is 3. The minimum absolute atomic E-state index is 0.0603. The fourth-order valence-electron chi connectivity index (χ4n) is 10.0. The lowest BCUT2D eigenvalue weighted by molar-refractivity contribution is -0.301. The topological polar surface area (TPSA) is 175 Å². The number of carbonyl (C=O) groups is 4. The van der Waals surface area contributed by atoms with Crippen LogP contribution in [0.25, 0.3) is 0 Å². The number of carbonyl (C=O) groups excluding carboxylic acids is 3. The van der Waals surface area contributed by atoms with Gasteiger partial charge in [0.2, 0.25) is 0 Å².